The summed E-state index contributed by atoms with van der Waals surface area (Å²) in [5.74, 6) is -0.445. The van der Waals surface area contributed by atoms with Crippen molar-refractivity contribution in [2.24, 2.45) is 0 Å². The van der Waals surface area contributed by atoms with Crippen LogP contribution in [0.1, 0.15) is 27.7 Å². The van der Waals surface area contributed by atoms with Gasteiger partial charge in [0.05, 0.1) is 0 Å². The van der Waals surface area contributed by atoms with Crippen molar-refractivity contribution in [1.82, 2.24) is 0 Å². The highest BCUT2D eigenvalue weighted by atomic mass is 36.0. The molecule has 348 valence electrons. The third kappa shape index (κ3) is 43.3. The van der Waals surface area contributed by atoms with E-state index in [0.29, 0.717) is 0 Å². The fraction of sp³-hybridized carbons (Fsp3) is 0.357. The van der Waals surface area contributed by atoms with Crippen LogP contribution in [-0.4, -0.2) is 55.3 Å². The largest absolute Gasteiger partial charge is 0.508 e. The predicted molar refractivity (Wildman–Crippen MR) is 252 cm³/mol. The van der Waals surface area contributed by atoms with Gasteiger partial charge in [-0.2, -0.15) is 0 Å². The zero-order valence-corrected chi connectivity index (χ0v) is 45.9. The molecule has 3 N–H and O–H groups in total. The summed E-state index contributed by atoms with van der Waals surface area (Å²) < 4.78 is 108. The summed E-state index contributed by atoms with van der Waals surface area (Å²) in [6.07, 6.45) is -11.9. The van der Waals surface area contributed by atoms with E-state index in [1.165, 1.54) is 58.2 Å². The zero-order chi connectivity index (χ0) is 48.3. The van der Waals surface area contributed by atoms with Crippen LogP contribution in [0.2, 0.25) is 0 Å². The van der Waals surface area contributed by atoms with Crippen molar-refractivity contribution in [2.45, 2.75) is 27.7 Å². The summed E-state index contributed by atoms with van der Waals surface area (Å²) in [4.78, 5) is 0. The number of aromatic hydroxyl groups is 3. The van der Waals surface area contributed by atoms with Gasteiger partial charge in [-0.25, -0.2) is 13.7 Å². The molecule has 0 fully saturated rings. The second kappa shape index (κ2) is 28.2. The van der Waals surface area contributed by atoms with Crippen LogP contribution in [0.3, 0.4) is 0 Å². The molecule has 0 atom stereocenters. The van der Waals surface area contributed by atoms with E-state index in [0.717, 1.165) is 36.4 Å². The van der Waals surface area contributed by atoms with Crippen LogP contribution in [0.4, 0.5) is 0 Å². The molecule has 0 heterocycles. The van der Waals surface area contributed by atoms with Gasteiger partial charge in [-0.05, 0) is 33.7 Å². The topological polar surface area (TPSA) is 236 Å². The van der Waals surface area contributed by atoms with Crippen LogP contribution in [0, 0.1) is 0 Å². The Hall–Kier alpha value is 0.0800. The van der Waals surface area contributed by atoms with Gasteiger partial charge in [0.25, 0.3) is 0 Å². The Labute approximate surface area is 392 Å². The fourth-order valence-electron chi connectivity index (χ4n) is 3.12. The van der Waals surface area contributed by atoms with Crippen molar-refractivity contribution in [3.05, 3.63) is 54.6 Å². The predicted octanol–water partition coefficient (Wildman–Crippen LogP) is 17.7. The third-order valence-electron chi connectivity index (χ3n) is 4.21. The first-order chi connectivity index (χ1) is 26.7. The standard InChI is InChI=1S/C12H21O6P3.C6H3Cl6O6P3.C6H6O3.2C2H6.Cl3OP/c1-19(2,13)16-10-7-11(17-20(3,4)14)9-12(8-10)18-21(5,6)15;7-19(8,13)16-4-1-5(17-20(9,10)14)3-6(2-4)18-21(11,12)15;7-4-1-5(8)3-6(9)2-4;2*1-2;1-5(2,3)4/h7-9H,1-6H3;1-3H;1-3,7-9H;2*1-2H3;. The highest BCUT2D eigenvalue weighted by Crippen LogP contribution is 2.62. The molecule has 0 bridgehead atoms. The lowest BCUT2D eigenvalue weighted by Gasteiger charge is -2.17. The highest BCUT2D eigenvalue weighted by molar-refractivity contribution is 8.24. The van der Waals surface area contributed by atoms with Gasteiger partial charge in [0, 0.05) is 162 Å². The lowest BCUT2D eigenvalue weighted by atomic mass is 10.3. The van der Waals surface area contributed by atoms with Gasteiger partial charge in [-0.3, -0.25) is 18.3 Å². The monoisotopic (exact) mass is 1170 g/mol. The van der Waals surface area contributed by atoms with Crippen molar-refractivity contribution in [2.75, 3.05) is 40.0 Å². The molecular weight excluding hydrogens is 1130 g/mol. The molecule has 0 spiro atoms. The molecule has 0 amide bonds. The highest BCUT2D eigenvalue weighted by Gasteiger charge is 2.24. The minimum Gasteiger partial charge on any atom is -0.508 e. The van der Waals surface area contributed by atoms with Gasteiger partial charge in [0.15, 0.2) is 0 Å². The first-order valence-electron chi connectivity index (χ1n) is 15.7. The molecule has 3 aromatic rings. The summed E-state index contributed by atoms with van der Waals surface area (Å²) in [5, 5.41) is 22.8. The van der Waals surface area contributed by atoms with Crippen LogP contribution in [0.15, 0.2) is 54.6 Å². The van der Waals surface area contributed by atoms with E-state index in [-0.39, 0.29) is 51.7 Å². The molecule has 0 saturated carbocycles. The minimum absolute atomic E-state index is 0.146. The van der Waals surface area contributed by atoms with E-state index in [9.17, 15) is 32.0 Å². The number of phenolic OH excluding ortho intramolecular Hbond substituents is 3. The minimum atomic E-state index is -3.97. The molecule has 0 aromatic heterocycles. The Morgan fingerprint density at radius 2 is 0.467 bits per heavy atom. The molecule has 0 radical (unpaired) electrons. The van der Waals surface area contributed by atoms with Crippen LogP contribution < -0.4 is 27.1 Å². The van der Waals surface area contributed by atoms with E-state index in [2.05, 4.69) is 47.3 Å². The maximum atomic E-state index is 11.8. The molecule has 3 rings (SSSR count). The molecule has 0 aliphatic heterocycles. The van der Waals surface area contributed by atoms with Gasteiger partial charge in [-0.1, -0.05) is 27.7 Å². The van der Waals surface area contributed by atoms with Gasteiger partial charge in [0.1, 0.15) is 51.7 Å². The van der Waals surface area contributed by atoms with E-state index < -0.39 is 45.5 Å². The van der Waals surface area contributed by atoms with Gasteiger partial charge in [-0.15, -0.1) is 0 Å². The first kappa shape index (κ1) is 64.4. The molecule has 0 saturated heterocycles. The van der Waals surface area contributed by atoms with Crippen molar-refractivity contribution in [3.8, 4) is 51.7 Å². The Balaban J connectivity index is -0.000000776. The second-order valence-corrected chi connectivity index (χ2v) is 38.2. The van der Waals surface area contributed by atoms with Crippen molar-refractivity contribution in [1.29, 1.82) is 0 Å². The van der Waals surface area contributed by atoms with E-state index in [1.807, 2.05) is 27.7 Å². The van der Waals surface area contributed by atoms with Gasteiger partial charge < -0.3 is 42.5 Å². The molecule has 0 unspecified atom stereocenters. The zero-order valence-electron chi connectivity index (χ0n) is 32.9. The van der Waals surface area contributed by atoms with Crippen molar-refractivity contribution < 1.29 is 74.4 Å². The first-order valence-corrected chi connectivity index (χ1v) is 38.0. The van der Waals surface area contributed by atoms with E-state index in [1.54, 1.807) is 0 Å². The SMILES string of the molecule is CC.CC.CP(C)(=O)Oc1cc(OP(C)(C)=O)cc(OP(C)(C)=O)c1.O=P(Cl)(Cl)Cl.O=P(Cl)(Cl)Oc1cc(OP(=O)(Cl)Cl)cc(OP(=O)(Cl)Cl)c1.Oc1cc(O)cc(O)c1. The molecule has 0 aliphatic rings. The summed E-state index contributed by atoms with van der Waals surface area (Å²) >= 11 is 45.3. The van der Waals surface area contributed by atoms with E-state index in [4.69, 9.17) is 96.3 Å². The normalized spacial score (nSPS) is 11.6. The Morgan fingerprint density at radius 3 is 0.583 bits per heavy atom. The van der Waals surface area contributed by atoms with Crippen molar-refractivity contribution in [3.63, 3.8) is 0 Å². The summed E-state index contributed by atoms with van der Waals surface area (Å²) in [6.45, 7) is 16.8. The molecule has 32 heteroatoms. The van der Waals surface area contributed by atoms with Crippen LogP contribution in [0.5, 0.6) is 51.7 Å². The van der Waals surface area contributed by atoms with Crippen LogP contribution >= 0.6 is 147 Å². The van der Waals surface area contributed by atoms with Crippen LogP contribution in [0.25, 0.3) is 0 Å². The van der Waals surface area contributed by atoms with Gasteiger partial charge >= 0.3 is 23.4 Å². The lowest BCUT2D eigenvalue weighted by molar-refractivity contribution is 0.428. The average Bonchev–Trinajstić information content (AvgIpc) is 2.92. The Bertz CT molecular complexity index is 1760. The van der Waals surface area contributed by atoms with Gasteiger partial charge in [0.2, 0.25) is 22.1 Å². The summed E-state index contributed by atoms with van der Waals surface area (Å²) in [7, 11) is -8.34. The van der Waals surface area contributed by atoms with Crippen molar-refractivity contribution >= 4 is 147 Å². The number of rotatable bonds is 12. The number of hydrogen-bond donors (Lipinski definition) is 3. The summed E-state index contributed by atoms with van der Waals surface area (Å²) in [6, 6.07) is 11.0. The quantitative estimate of drug-likeness (QED) is 0.143. The maximum absolute atomic E-state index is 11.8. The fourth-order valence-corrected chi connectivity index (χ4v) is 7.44. The van der Waals surface area contributed by atoms with E-state index >= 15 is 0 Å². The molecular formula is C28H42Cl9O16P7. The molecule has 3 aromatic carbocycles. The summed E-state index contributed by atoms with van der Waals surface area (Å²) in [5.41, 5.74) is 0. The lowest BCUT2D eigenvalue weighted by Crippen LogP contribution is -1.95. The van der Waals surface area contributed by atoms with Crippen LogP contribution in [-0.2, 0) is 32.0 Å². The number of halogens is 9. The Kier molecular flexibility index (Phi) is 30.2. The third-order valence-corrected chi connectivity index (χ3v) is 8.67. The maximum Gasteiger partial charge on any atom is 0.428 e. The number of hydrogen-bond acceptors (Lipinski definition) is 16. The Morgan fingerprint density at radius 1 is 0.333 bits per heavy atom. The number of benzene rings is 3. The average molecular weight is 1170 g/mol. The molecule has 0 aliphatic carbocycles. The second-order valence-electron chi connectivity index (χ2n) is 10.9. The molecule has 60 heavy (non-hydrogen) atoms. The number of phenols is 3. The smallest absolute Gasteiger partial charge is 0.428 e. The molecule has 16 nitrogen and oxygen atoms in total.